The van der Waals surface area contributed by atoms with Gasteiger partial charge in [0.15, 0.2) is 35.1 Å². The molecule has 18 heteroatoms. The largest absolute Gasteiger partial charge is 0.511 e. The molecule has 0 aromatic carbocycles. The summed E-state index contributed by atoms with van der Waals surface area (Å²) < 4.78 is 64.1. The van der Waals surface area contributed by atoms with E-state index < -0.39 is 152 Å². The Balaban J connectivity index is 1.62. The van der Waals surface area contributed by atoms with E-state index in [1.807, 2.05) is 0 Å². The zero-order valence-corrected chi connectivity index (χ0v) is 36.3. The van der Waals surface area contributed by atoms with Crippen LogP contribution in [0.4, 0.5) is 0 Å². The molecule has 8 rings (SSSR count). The number of rotatable bonds is 9. The van der Waals surface area contributed by atoms with Gasteiger partial charge in [0.1, 0.15) is 23.6 Å². The Hall–Kier alpha value is -4.52. The van der Waals surface area contributed by atoms with Gasteiger partial charge in [-0.15, -0.1) is 0 Å². The number of aliphatic hydroxyl groups is 2. The summed E-state index contributed by atoms with van der Waals surface area (Å²) in [6, 6.07) is 1.51. The van der Waals surface area contributed by atoms with Gasteiger partial charge >= 0.3 is 35.8 Å². The van der Waals surface area contributed by atoms with Crippen LogP contribution < -0.4 is 0 Å². The number of carbonyl (C=O) groups is 6. The molecule has 18 nitrogen and oxygen atoms in total. The van der Waals surface area contributed by atoms with Gasteiger partial charge in [-0.05, 0) is 18.4 Å². The van der Waals surface area contributed by atoms with Crippen molar-refractivity contribution in [3.8, 4) is 0 Å². The van der Waals surface area contributed by atoms with Crippen molar-refractivity contribution in [2.24, 2.45) is 39.9 Å². The van der Waals surface area contributed by atoms with E-state index in [-0.39, 0.29) is 12.0 Å². The molecular weight excluding hydrogens is 804 g/mol. The Morgan fingerprint density at radius 1 is 0.852 bits per heavy atom. The maximum Gasteiger partial charge on any atom is 0.338 e. The maximum atomic E-state index is 15.0. The van der Waals surface area contributed by atoms with Gasteiger partial charge in [-0.2, -0.15) is 0 Å². The van der Waals surface area contributed by atoms with Gasteiger partial charge in [0.25, 0.3) is 5.97 Å². The van der Waals surface area contributed by atoms with Gasteiger partial charge in [0, 0.05) is 62.3 Å². The highest BCUT2D eigenvalue weighted by atomic mass is 16.9. The fourth-order valence-electron chi connectivity index (χ4n) is 13.7. The summed E-state index contributed by atoms with van der Waals surface area (Å²) in [5, 5.41) is 26.6. The third kappa shape index (κ3) is 4.77. The Labute approximate surface area is 351 Å². The molecule has 2 N–H and O–H groups in total. The number of hydrogen-bond acceptors (Lipinski definition) is 18. The maximum absolute atomic E-state index is 15.0. The molecule has 61 heavy (non-hydrogen) atoms. The monoisotopic (exact) mass is 858 g/mol. The Kier molecular flexibility index (Phi) is 9.21. The quantitative estimate of drug-likeness (QED) is 0.156. The highest BCUT2D eigenvalue weighted by Gasteiger charge is 3.07. The van der Waals surface area contributed by atoms with E-state index in [1.54, 1.807) is 48.5 Å². The number of allylic oxidation sites excluding steroid dienone is 1. The summed E-state index contributed by atoms with van der Waals surface area (Å²) in [6.45, 7) is 16.1. The molecule has 4 bridgehead atoms. The number of hydrogen-bond donors (Lipinski definition) is 2. The van der Waals surface area contributed by atoms with E-state index in [0.29, 0.717) is 0 Å². The first kappa shape index (κ1) is 43.1. The van der Waals surface area contributed by atoms with E-state index in [0.717, 1.165) is 20.8 Å². The molecule has 1 aromatic heterocycles. The van der Waals surface area contributed by atoms with Crippen molar-refractivity contribution in [3.63, 3.8) is 0 Å². The van der Waals surface area contributed by atoms with Gasteiger partial charge in [0.05, 0.1) is 36.5 Å². The van der Waals surface area contributed by atoms with Crippen LogP contribution >= 0.6 is 0 Å². The van der Waals surface area contributed by atoms with Crippen LogP contribution in [0, 0.1) is 39.9 Å². The summed E-state index contributed by atoms with van der Waals surface area (Å²) in [7, 11) is 1.19. The van der Waals surface area contributed by atoms with Crippen LogP contribution in [-0.4, -0.2) is 106 Å². The van der Waals surface area contributed by atoms with E-state index in [1.165, 1.54) is 32.6 Å². The van der Waals surface area contributed by atoms with Crippen LogP contribution in [0.15, 0.2) is 34.3 Å². The average molecular weight is 859 g/mol. The number of carbonyl (C=O) groups excluding carboxylic acids is 6. The average Bonchev–Trinajstić information content (AvgIpc) is 3.86. The number of ether oxygens (including phenoxy) is 9. The summed E-state index contributed by atoms with van der Waals surface area (Å²) in [6.07, 6.45) is -6.67. The smallest absolute Gasteiger partial charge is 0.338 e. The van der Waals surface area contributed by atoms with Crippen LogP contribution in [0.1, 0.15) is 101 Å². The zero-order valence-electron chi connectivity index (χ0n) is 36.3. The number of furan rings is 1. The van der Waals surface area contributed by atoms with Crippen LogP contribution in [0.3, 0.4) is 0 Å². The molecule has 15 atom stereocenters. The second-order valence-electron chi connectivity index (χ2n) is 19.2. The second kappa shape index (κ2) is 13.0. The van der Waals surface area contributed by atoms with Crippen molar-refractivity contribution >= 4 is 35.8 Å². The van der Waals surface area contributed by atoms with Crippen LogP contribution in [0.25, 0.3) is 0 Å². The molecule has 7 aliphatic rings. The summed E-state index contributed by atoms with van der Waals surface area (Å²) in [5.74, 6) is -12.4. The normalized spacial score (nSPS) is 46.7. The van der Waals surface area contributed by atoms with E-state index >= 15 is 0 Å². The first-order valence-corrected chi connectivity index (χ1v) is 20.5. The predicted molar refractivity (Wildman–Crippen MR) is 201 cm³/mol. The Morgan fingerprint density at radius 2 is 1.48 bits per heavy atom. The van der Waals surface area contributed by atoms with Gasteiger partial charge in [0.2, 0.25) is 0 Å². The topological polar surface area (TPSA) is 239 Å². The van der Waals surface area contributed by atoms with E-state index in [9.17, 15) is 39.0 Å². The SMILES string of the molecule is COC(=O)C[C@H]1C2(C)CC34OC5(C)OC6([C@H](OC(C)=O)C(OC(C)=O)[C@@]7(C)[C@H](c8ccoc8)OC(=O)/C(=C(\O)C(C)C)[C@@H]7[C@]6(O5)[C@H](OC(C)=O)[C@@]3(O)C2OC(=O)C(C)C)[C@]14C. The third-order valence-electron chi connectivity index (χ3n) is 15.3. The molecular formula is C43H54O18. The second-order valence-corrected chi connectivity index (χ2v) is 19.2. The van der Waals surface area contributed by atoms with Gasteiger partial charge in [-0.3, -0.25) is 24.0 Å². The van der Waals surface area contributed by atoms with E-state index in [4.69, 9.17) is 47.0 Å². The summed E-state index contributed by atoms with van der Waals surface area (Å²) in [5.41, 5.74) is -15.1. The minimum atomic E-state index is -2.63. The molecule has 4 heterocycles. The minimum Gasteiger partial charge on any atom is -0.511 e. The van der Waals surface area contributed by atoms with Crippen molar-refractivity contribution < 1.29 is 86.0 Å². The van der Waals surface area contributed by atoms with Crippen LogP contribution in [-0.2, 0) is 71.4 Å². The van der Waals surface area contributed by atoms with Crippen molar-refractivity contribution in [1.82, 2.24) is 0 Å². The van der Waals surface area contributed by atoms with Crippen molar-refractivity contribution in [3.05, 3.63) is 35.5 Å². The molecule has 2 spiro atoms. The first-order chi connectivity index (χ1) is 28.3. The Bertz CT molecular complexity index is 2150. The summed E-state index contributed by atoms with van der Waals surface area (Å²) >= 11 is 0. The fraction of sp³-hybridized carbons (Fsp3) is 0.721. The molecule has 4 aliphatic carbocycles. The lowest BCUT2D eigenvalue weighted by atomic mass is 9.32. The third-order valence-corrected chi connectivity index (χ3v) is 15.3. The van der Waals surface area contributed by atoms with Crippen molar-refractivity contribution in [2.75, 3.05) is 7.11 Å². The van der Waals surface area contributed by atoms with Gasteiger partial charge in [-0.25, -0.2) is 4.79 Å². The summed E-state index contributed by atoms with van der Waals surface area (Å²) in [4.78, 5) is 83.8. The molecule has 1 aromatic rings. The zero-order chi connectivity index (χ0) is 45.0. The Morgan fingerprint density at radius 3 is 2.02 bits per heavy atom. The van der Waals surface area contributed by atoms with Crippen LogP contribution in [0.2, 0.25) is 0 Å². The molecule has 6 unspecified atom stereocenters. The fourth-order valence-corrected chi connectivity index (χ4v) is 13.7. The number of methoxy groups -OCH3 is 1. The molecule has 0 amide bonds. The molecule has 3 saturated heterocycles. The number of cyclic esters (lactones) is 1. The van der Waals surface area contributed by atoms with Crippen molar-refractivity contribution in [2.45, 2.75) is 148 Å². The van der Waals surface area contributed by atoms with Crippen LogP contribution in [0.5, 0.6) is 0 Å². The highest BCUT2D eigenvalue weighted by molar-refractivity contribution is 5.92. The predicted octanol–water partition coefficient (Wildman–Crippen LogP) is 3.67. The molecule has 334 valence electrons. The number of fused-ring (bicyclic) bond motifs is 3. The van der Waals surface area contributed by atoms with Gasteiger partial charge < -0.3 is 57.3 Å². The number of esters is 6. The first-order valence-electron chi connectivity index (χ1n) is 20.5. The molecule has 7 fully saturated rings. The van der Waals surface area contributed by atoms with Gasteiger partial charge in [-0.1, -0.05) is 48.5 Å². The lowest BCUT2D eigenvalue weighted by molar-refractivity contribution is -0.490. The molecule has 0 radical (unpaired) electrons. The lowest BCUT2D eigenvalue weighted by Gasteiger charge is -2.78. The lowest BCUT2D eigenvalue weighted by Crippen LogP contribution is -2.97. The van der Waals surface area contributed by atoms with Crippen molar-refractivity contribution in [1.29, 1.82) is 0 Å². The van der Waals surface area contributed by atoms with E-state index in [2.05, 4.69) is 0 Å². The molecule has 4 saturated carbocycles. The minimum absolute atomic E-state index is 0.185. The number of aliphatic hydroxyl groups excluding tert-OH is 1. The highest BCUT2D eigenvalue weighted by Crippen LogP contribution is 2.90. The standard InChI is InChI=1S/C43H54O18/c1-18(2)27(48)26-28-37(9,29(57-33(26)50)23-13-14-53-16-23)30(54-20(5)44)31(55-21(6)45)43-38(10)24(15-25(47)52-12)36(8)17-40(38)41(51,34(36)58-32(49)19(3)4)35(56-22(7)46)42(28,43)60-39(11,59-40)61-43/h13-14,16,18-19,24,28-31,34-35,48,51H,15,17H2,1-12H3/b27-26-/t24-,28-,29-,30?,31+,34?,35+,36?,37+,38+,39?,40?,41-,42-,43?/m0/s1. The molecule has 3 aliphatic heterocycles.